The van der Waals surface area contributed by atoms with Crippen molar-refractivity contribution in [1.29, 1.82) is 0 Å². The van der Waals surface area contributed by atoms with Crippen molar-refractivity contribution in [2.24, 2.45) is 0 Å². The van der Waals surface area contributed by atoms with Gasteiger partial charge < -0.3 is 0 Å². The molecule has 0 aromatic carbocycles. The summed E-state index contributed by atoms with van der Waals surface area (Å²) in [5.74, 6) is 0. The highest BCUT2D eigenvalue weighted by molar-refractivity contribution is 14.1. The maximum absolute atomic E-state index is 3.16. The van der Waals surface area contributed by atoms with Crippen LogP contribution in [0.3, 0.4) is 0 Å². The topological polar surface area (TPSA) is 0 Å². The van der Waals surface area contributed by atoms with E-state index in [9.17, 15) is 0 Å². The van der Waals surface area contributed by atoms with Crippen LogP contribution in [0.25, 0.3) is 0 Å². The Morgan fingerprint density at radius 1 is 0.409 bits per heavy atom. The molecule has 0 spiro atoms. The van der Waals surface area contributed by atoms with E-state index in [1.54, 1.807) is 0 Å². The highest BCUT2D eigenvalue weighted by Crippen LogP contribution is 2.43. The summed E-state index contributed by atoms with van der Waals surface area (Å²) in [5.41, 5.74) is 0. The van der Waals surface area contributed by atoms with Gasteiger partial charge in [-0.15, -0.1) is 21.8 Å². The van der Waals surface area contributed by atoms with E-state index in [2.05, 4.69) is 113 Å². The molecule has 0 amide bonds. The standard InChI is InChI=1S/C14H42ISi7/c1-17(2,3)21(13,18(4,5)6)16(15)22(14,19(7,8)9)20(10,11)12/h1-14H3. The van der Waals surface area contributed by atoms with E-state index < -0.39 is 43.6 Å². The molecule has 0 fully saturated rings. The zero-order chi connectivity index (χ0) is 18.6. The van der Waals surface area contributed by atoms with Crippen LogP contribution >= 0.6 is 21.8 Å². The minimum absolute atomic E-state index is 0.198. The second-order valence-electron chi connectivity index (χ2n) is 11.6. The van der Waals surface area contributed by atoms with Crippen molar-refractivity contribution in [3.05, 3.63) is 0 Å². The van der Waals surface area contributed by atoms with Gasteiger partial charge in [-0.3, -0.25) is 0 Å². The molecule has 0 heterocycles. The predicted octanol–water partition coefficient (Wildman–Crippen LogP) is 6.39. The van der Waals surface area contributed by atoms with Crippen molar-refractivity contribution in [2.45, 2.75) is 91.7 Å². The van der Waals surface area contributed by atoms with E-state index in [1.807, 2.05) is 0 Å². The molecule has 0 N–H and O–H groups in total. The Morgan fingerprint density at radius 3 is 0.636 bits per heavy atom. The zero-order valence-electron chi connectivity index (χ0n) is 17.9. The summed E-state index contributed by atoms with van der Waals surface area (Å²) in [6.45, 7) is 36.5. The first kappa shape index (κ1) is 24.2. The first-order chi connectivity index (χ1) is 9.15. The molecule has 8 heteroatoms. The van der Waals surface area contributed by atoms with Gasteiger partial charge in [0.05, 0.1) is 0 Å². The van der Waals surface area contributed by atoms with Gasteiger partial charge in [-0.1, -0.05) is 91.7 Å². The predicted molar refractivity (Wildman–Crippen MR) is 136 cm³/mol. The zero-order valence-corrected chi connectivity index (χ0v) is 27.0. The Balaban J connectivity index is 6.54. The molecule has 22 heavy (non-hydrogen) atoms. The summed E-state index contributed by atoms with van der Waals surface area (Å²) in [7, 11) is -4.24. The third-order valence-corrected chi connectivity index (χ3v) is 181. The van der Waals surface area contributed by atoms with Gasteiger partial charge in [0, 0.05) is 43.6 Å². The third-order valence-electron chi connectivity index (χ3n) is 6.88. The van der Waals surface area contributed by atoms with Gasteiger partial charge >= 0.3 is 0 Å². The number of rotatable bonds is 6. The summed E-state index contributed by atoms with van der Waals surface area (Å²) >= 11 is 3.16. The lowest BCUT2D eigenvalue weighted by atomic mass is 11.8. The fraction of sp³-hybridized carbons (Fsp3) is 1.00. The maximum Gasteiger partial charge on any atom is 0.101 e. The molecule has 0 unspecified atom stereocenters. The maximum atomic E-state index is 3.16. The summed E-state index contributed by atoms with van der Waals surface area (Å²) in [6.07, 6.45) is 0. The van der Waals surface area contributed by atoms with E-state index in [4.69, 9.17) is 0 Å². The minimum atomic E-state index is -1.11. The van der Waals surface area contributed by atoms with E-state index in [-0.39, 0.29) is 5.33 Å². The van der Waals surface area contributed by atoms with Crippen LogP contribution in [0.4, 0.5) is 0 Å². The molecule has 0 aliphatic rings. The van der Waals surface area contributed by atoms with Crippen molar-refractivity contribution in [3.63, 3.8) is 0 Å². The van der Waals surface area contributed by atoms with Crippen molar-refractivity contribution in [3.8, 4) is 0 Å². The quantitative estimate of drug-likeness (QED) is 0.211. The van der Waals surface area contributed by atoms with E-state index in [0.29, 0.717) is 0 Å². The number of hydrogen-bond acceptors (Lipinski definition) is 0. The molecule has 0 saturated heterocycles. The fourth-order valence-electron chi connectivity index (χ4n) is 4.07. The van der Waals surface area contributed by atoms with E-state index >= 15 is 0 Å². The lowest BCUT2D eigenvalue weighted by Gasteiger charge is -2.60. The molecule has 0 aromatic heterocycles. The van der Waals surface area contributed by atoms with Crippen LogP contribution in [-0.2, 0) is 0 Å². The summed E-state index contributed by atoms with van der Waals surface area (Å²) in [4.78, 5) is 0. The Bertz CT molecular complexity index is 329. The SMILES string of the molecule is C[Si](C)(C)[Si](C)([Si](I)[Si](C)([Si](C)(C)C)[Si](C)(C)C)[Si](C)(C)C. The van der Waals surface area contributed by atoms with Gasteiger partial charge in [0.15, 0.2) is 0 Å². The minimum Gasteiger partial charge on any atom is -0.129 e. The first-order valence-corrected chi connectivity index (χ1v) is 38.3. The third kappa shape index (κ3) is 3.98. The van der Waals surface area contributed by atoms with Crippen molar-refractivity contribution in [1.82, 2.24) is 0 Å². The van der Waals surface area contributed by atoms with Crippen LogP contribution in [0.2, 0.25) is 91.7 Å². The average Bonchev–Trinajstić information content (AvgIpc) is 2.19. The van der Waals surface area contributed by atoms with Gasteiger partial charge in [0.1, 0.15) is 5.33 Å². The van der Waals surface area contributed by atoms with Crippen LogP contribution in [0.15, 0.2) is 0 Å². The molecule has 0 aliphatic carbocycles. The van der Waals surface area contributed by atoms with Crippen LogP contribution in [0.1, 0.15) is 0 Å². The van der Waals surface area contributed by atoms with Gasteiger partial charge in [-0.25, -0.2) is 0 Å². The van der Waals surface area contributed by atoms with Crippen molar-refractivity contribution < 1.29 is 0 Å². The lowest BCUT2D eigenvalue weighted by Crippen LogP contribution is -2.89. The Labute approximate surface area is 161 Å². The molecule has 0 aromatic rings. The average molecular weight is 534 g/mol. The van der Waals surface area contributed by atoms with Crippen LogP contribution < -0.4 is 0 Å². The van der Waals surface area contributed by atoms with Gasteiger partial charge in [-0.05, 0) is 0 Å². The molecule has 0 atom stereocenters. The fourth-order valence-corrected chi connectivity index (χ4v) is 278. The molecule has 0 rings (SSSR count). The van der Waals surface area contributed by atoms with Crippen molar-refractivity contribution >= 4 is 70.7 Å². The Hall–Kier alpha value is 2.25. The molecular formula is C14H42ISi7. The molecule has 0 aliphatic heterocycles. The monoisotopic (exact) mass is 533 g/mol. The normalized spacial score (nSPS) is 16.4. The summed E-state index contributed by atoms with van der Waals surface area (Å²) in [6, 6.07) is 0. The molecule has 0 nitrogen and oxygen atoms in total. The van der Waals surface area contributed by atoms with Gasteiger partial charge in [0.2, 0.25) is 0 Å². The summed E-state index contributed by atoms with van der Waals surface area (Å²) in [5, 5.41) is -0.198. The number of hydrogen-bond donors (Lipinski definition) is 0. The van der Waals surface area contributed by atoms with Crippen molar-refractivity contribution in [2.75, 3.05) is 0 Å². The van der Waals surface area contributed by atoms with Crippen LogP contribution in [-0.4, -0.2) is 48.9 Å². The second-order valence-corrected chi connectivity index (χ2v) is 93.5. The van der Waals surface area contributed by atoms with E-state index in [0.717, 1.165) is 0 Å². The Kier molecular flexibility index (Phi) is 7.45. The molecule has 0 saturated carbocycles. The smallest absolute Gasteiger partial charge is 0.101 e. The lowest BCUT2D eigenvalue weighted by molar-refractivity contribution is 1.75. The van der Waals surface area contributed by atoms with Crippen LogP contribution in [0, 0.1) is 0 Å². The Morgan fingerprint density at radius 2 is 0.545 bits per heavy atom. The van der Waals surface area contributed by atoms with Crippen LogP contribution in [0.5, 0.6) is 0 Å². The van der Waals surface area contributed by atoms with E-state index in [1.165, 1.54) is 0 Å². The molecular weight excluding hydrogens is 492 g/mol. The molecule has 1 radical (unpaired) electrons. The highest BCUT2D eigenvalue weighted by Gasteiger charge is 2.66. The highest BCUT2D eigenvalue weighted by atomic mass is 127. The molecule has 0 bridgehead atoms. The largest absolute Gasteiger partial charge is 0.129 e. The summed E-state index contributed by atoms with van der Waals surface area (Å²) < 4.78 is 0. The van der Waals surface area contributed by atoms with Gasteiger partial charge in [0.25, 0.3) is 0 Å². The first-order valence-electron chi connectivity index (χ1n) is 8.69. The molecule has 133 valence electrons. The second kappa shape index (κ2) is 6.76. The van der Waals surface area contributed by atoms with Gasteiger partial charge in [-0.2, -0.15) is 0 Å². The number of halogens is 1.